The quantitative estimate of drug-likeness (QED) is 0.733. The molecule has 2 fully saturated rings. The number of aromatic amines is 1. The van der Waals surface area contributed by atoms with Crippen LogP contribution in [0.1, 0.15) is 34.7 Å². The number of imidazole rings is 1. The standard InChI is InChI=1S/C23H24N4O2/c1-14-7-3-4-8-17(14)21-18-13-26(11-16(18)12-27(21)15(2)28)23(29)22-24-19-9-5-6-10-20(19)25-22/h3-10,16,18,21H,11-13H2,1-2H3,(H,24,25)/t16-,18-,21+/m1/s1. The second-order valence-electron chi connectivity index (χ2n) is 8.21. The van der Waals surface area contributed by atoms with Gasteiger partial charge in [0.2, 0.25) is 5.91 Å². The molecule has 148 valence electrons. The summed E-state index contributed by atoms with van der Waals surface area (Å²) >= 11 is 0. The largest absolute Gasteiger partial charge is 0.335 e. The number of likely N-dealkylation sites (tertiary alicyclic amines) is 2. The molecule has 6 nitrogen and oxygen atoms in total. The molecule has 0 bridgehead atoms. The Morgan fingerprint density at radius 1 is 1.03 bits per heavy atom. The molecular formula is C23H24N4O2. The number of nitrogens with zero attached hydrogens (tertiary/aromatic N) is 3. The highest BCUT2D eigenvalue weighted by atomic mass is 16.2. The molecule has 3 heterocycles. The first-order valence-electron chi connectivity index (χ1n) is 10.1. The van der Waals surface area contributed by atoms with Gasteiger partial charge in [0, 0.05) is 38.4 Å². The minimum absolute atomic E-state index is 0.0205. The fraction of sp³-hybridized carbons (Fsp3) is 0.348. The molecule has 1 aromatic heterocycles. The highest BCUT2D eigenvalue weighted by Gasteiger charge is 2.50. The van der Waals surface area contributed by atoms with E-state index in [9.17, 15) is 9.59 Å². The number of nitrogens with one attached hydrogen (secondary N) is 1. The summed E-state index contributed by atoms with van der Waals surface area (Å²) in [5.41, 5.74) is 4.05. The van der Waals surface area contributed by atoms with Crippen LogP contribution in [-0.4, -0.2) is 51.2 Å². The Kier molecular flexibility index (Phi) is 4.15. The molecule has 0 radical (unpaired) electrons. The molecule has 3 atom stereocenters. The summed E-state index contributed by atoms with van der Waals surface area (Å²) in [5.74, 6) is 0.962. The van der Waals surface area contributed by atoms with Gasteiger partial charge in [0.25, 0.3) is 5.91 Å². The van der Waals surface area contributed by atoms with Gasteiger partial charge in [-0.1, -0.05) is 36.4 Å². The van der Waals surface area contributed by atoms with Gasteiger partial charge in [0.15, 0.2) is 5.82 Å². The lowest BCUT2D eigenvalue weighted by Gasteiger charge is -2.30. The third-order valence-electron chi connectivity index (χ3n) is 6.45. The summed E-state index contributed by atoms with van der Waals surface area (Å²) < 4.78 is 0. The number of carbonyl (C=O) groups is 2. The van der Waals surface area contributed by atoms with E-state index in [0.717, 1.165) is 11.0 Å². The first kappa shape index (κ1) is 17.9. The highest BCUT2D eigenvalue weighted by Crippen LogP contribution is 2.45. The molecule has 6 heteroatoms. The lowest BCUT2D eigenvalue weighted by Crippen LogP contribution is -2.37. The maximum absolute atomic E-state index is 13.1. The maximum Gasteiger partial charge on any atom is 0.289 e. The van der Waals surface area contributed by atoms with Crippen LogP contribution >= 0.6 is 0 Å². The molecule has 0 saturated carbocycles. The number of hydrogen-bond acceptors (Lipinski definition) is 3. The van der Waals surface area contributed by atoms with Crippen LogP contribution in [0.15, 0.2) is 48.5 Å². The van der Waals surface area contributed by atoms with Crippen LogP contribution in [0.2, 0.25) is 0 Å². The van der Waals surface area contributed by atoms with E-state index in [0.29, 0.717) is 25.5 Å². The average molecular weight is 388 g/mol. The number of H-pyrrole nitrogens is 1. The Bertz CT molecular complexity index is 1070. The van der Waals surface area contributed by atoms with Crippen LogP contribution in [0, 0.1) is 18.8 Å². The van der Waals surface area contributed by atoms with Gasteiger partial charge in [-0.05, 0) is 30.2 Å². The van der Waals surface area contributed by atoms with Crippen LogP contribution in [0.25, 0.3) is 11.0 Å². The summed E-state index contributed by atoms with van der Waals surface area (Å²) in [6.45, 7) is 5.73. The molecule has 3 aromatic rings. The van der Waals surface area contributed by atoms with Gasteiger partial charge in [-0.25, -0.2) is 4.98 Å². The van der Waals surface area contributed by atoms with Gasteiger partial charge in [0.1, 0.15) is 0 Å². The van der Waals surface area contributed by atoms with Gasteiger partial charge >= 0.3 is 0 Å². The van der Waals surface area contributed by atoms with Crippen molar-refractivity contribution < 1.29 is 9.59 Å². The number of amides is 2. The highest BCUT2D eigenvalue weighted by molar-refractivity contribution is 5.94. The zero-order valence-electron chi connectivity index (χ0n) is 16.6. The van der Waals surface area contributed by atoms with Gasteiger partial charge < -0.3 is 14.8 Å². The van der Waals surface area contributed by atoms with E-state index < -0.39 is 0 Å². The fourth-order valence-electron chi connectivity index (χ4n) is 5.06. The Morgan fingerprint density at radius 2 is 1.79 bits per heavy atom. The van der Waals surface area contributed by atoms with Gasteiger partial charge in [-0.3, -0.25) is 9.59 Å². The Hall–Kier alpha value is -3.15. The van der Waals surface area contributed by atoms with Crippen LogP contribution in [-0.2, 0) is 4.79 Å². The van der Waals surface area contributed by atoms with Crippen LogP contribution in [0.3, 0.4) is 0 Å². The van der Waals surface area contributed by atoms with Crippen molar-refractivity contribution in [2.45, 2.75) is 19.9 Å². The molecule has 2 aromatic carbocycles. The number of aromatic nitrogens is 2. The minimum atomic E-state index is -0.0616. The average Bonchev–Trinajstić information content (AvgIpc) is 3.40. The second kappa shape index (κ2) is 6.72. The lowest BCUT2D eigenvalue weighted by atomic mass is 9.87. The summed E-state index contributed by atoms with van der Waals surface area (Å²) in [7, 11) is 0. The Morgan fingerprint density at radius 3 is 2.55 bits per heavy atom. The zero-order chi connectivity index (χ0) is 20.1. The Labute approximate surface area is 169 Å². The first-order valence-corrected chi connectivity index (χ1v) is 10.1. The van der Waals surface area contributed by atoms with Crippen LogP contribution < -0.4 is 0 Å². The smallest absolute Gasteiger partial charge is 0.289 e. The second-order valence-corrected chi connectivity index (χ2v) is 8.21. The maximum atomic E-state index is 13.1. The van der Waals surface area contributed by atoms with E-state index in [-0.39, 0.29) is 29.7 Å². The molecule has 1 N–H and O–H groups in total. The van der Waals surface area contributed by atoms with Crippen molar-refractivity contribution in [2.24, 2.45) is 11.8 Å². The number of hydrogen-bond donors (Lipinski definition) is 1. The fourth-order valence-corrected chi connectivity index (χ4v) is 5.06. The van der Waals surface area contributed by atoms with Crippen molar-refractivity contribution in [1.82, 2.24) is 19.8 Å². The van der Waals surface area contributed by atoms with E-state index >= 15 is 0 Å². The zero-order valence-corrected chi connectivity index (χ0v) is 16.6. The molecule has 5 rings (SSSR count). The summed E-state index contributed by atoms with van der Waals surface area (Å²) in [5, 5.41) is 0. The van der Waals surface area contributed by atoms with Crippen molar-refractivity contribution in [3.8, 4) is 0 Å². The predicted molar refractivity (Wildman–Crippen MR) is 110 cm³/mol. The lowest BCUT2D eigenvalue weighted by molar-refractivity contribution is -0.130. The molecule has 2 saturated heterocycles. The predicted octanol–water partition coefficient (Wildman–Crippen LogP) is 3.16. The number of aryl methyl sites for hydroxylation is 1. The summed E-state index contributed by atoms with van der Waals surface area (Å²) in [6.07, 6.45) is 0. The molecule has 0 spiro atoms. The monoisotopic (exact) mass is 388 g/mol. The van der Waals surface area contributed by atoms with Crippen molar-refractivity contribution in [1.29, 1.82) is 0 Å². The first-order chi connectivity index (χ1) is 14.0. The topological polar surface area (TPSA) is 69.3 Å². The normalized spacial score (nSPS) is 23.6. The molecule has 2 amide bonds. The molecular weight excluding hydrogens is 364 g/mol. The van der Waals surface area contributed by atoms with Crippen LogP contribution in [0.4, 0.5) is 0 Å². The number of para-hydroxylation sites is 2. The summed E-state index contributed by atoms with van der Waals surface area (Å²) in [4.78, 5) is 37.0. The van der Waals surface area contributed by atoms with Crippen molar-refractivity contribution in [2.75, 3.05) is 19.6 Å². The van der Waals surface area contributed by atoms with E-state index in [2.05, 4.69) is 29.0 Å². The van der Waals surface area contributed by atoms with Gasteiger partial charge in [-0.2, -0.15) is 0 Å². The van der Waals surface area contributed by atoms with Crippen LogP contribution in [0.5, 0.6) is 0 Å². The van der Waals surface area contributed by atoms with Crippen molar-refractivity contribution >= 4 is 22.8 Å². The van der Waals surface area contributed by atoms with E-state index in [1.54, 1.807) is 6.92 Å². The van der Waals surface area contributed by atoms with Crippen molar-refractivity contribution in [3.05, 3.63) is 65.5 Å². The van der Waals surface area contributed by atoms with E-state index in [1.165, 1.54) is 11.1 Å². The molecule has 29 heavy (non-hydrogen) atoms. The van der Waals surface area contributed by atoms with E-state index in [1.807, 2.05) is 46.2 Å². The minimum Gasteiger partial charge on any atom is -0.335 e. The number of rotatable bonds is 2. The van der Waals surface area contributed by atoms with Gasteiger partial charge in [0.05, 0.1) is 17.1 Å². The molecule has 2 aliphatic heterocycles. The SMILES string of the molecule is CC(=O)N1C[C@H]2CN(C(=O)c3nc4ccccc4[nH]3)C[C@H]2[C@@H]1c1ccccc1C. The van der Waals surface area contributed by atoms with E-state index in [4.69, 9.17) is 0 Å². The Balaban J connectivity index is 1.43. The molecule has 0 unspecified atom stereocenters. The van der Waals surface area contributed by atoms with Gasteiger partial charge in [-0.15, -0.1) is 0 Å². The third-order valence-corrected chi connectivity index (χ3v) is 6.45. The van der Waals surface area contributed by atoms with Crippen molar-refractivity contribution in [3.63, 3.8) is 0 Å². The third kappa shape index (κ3) is 2.90. The molecule has 2 aliphatic rings. The molecule has 0 aliphatic carbocycles. The number of carbonyl (C=O) groups excluding carboxylic acids is 2. The summed E-state index contributed by atoms with van der Waals surface area (Å²) in [6, 6.07) is 16.0. The number of fused-ring (bicyclic) bond motifs is 2. The number of benzene rings is 2.